The van der Waals surface area contributed by atoms with E-state index in [1.54, 1.807) is 47.4 Å². The van der Waals surface area contributed by atoms with Crippen molar-refractivity contribution < 1.29 is 33.3 Å². The number of hydrogen-bond donors (Lipinski definition) is 1. The summed E-state index contributed by atoms with van der Waals surface area (Å²) in [7, 11) is 0. The number of anilines is 2. The van der Waals surface area contributed by atoms with Gasteiger partial charge in [0.05, 0.1) is 12.5 Å². The third-order valence-electron chi connectivity index (χ3n) is 5.22. The standard InChI is InChI=1S/C23H24N2O7/c1-3-29-18-7-5-17(6-8-18)25-12-15(10-21(25)26)23(28)32-14(2)22(27)24-16-4-9-19-20(11-16)31-13-30-19/h4-9,11,14-15H,3,10,12-13H2,1-2H3,(H,24,27). The highest BCUT2D eigenvalue weighted by Gasteiger charge is 2.37. The molecule has 0 saturated carbocycles. The van der Waals surface area contributed by atoms with Crippen molar-refractivity contribution in [3.63, 3.8) is 0 Å². The van der Waals surface area contributed by atoms with Crippen molar-refractivity contribution in [3.05, 3.63) is 42.5 Å². The van der Waals surface area contributed by atoms with Crippen molar-refractivity contribution in [2.45, 2.75) is 26.4 Å². The summed E-state index contributed by atoms with van der Waals surface area (Å²) < 4.78 is 21.3. The van der Waals surface area contributed by atoms with Crippen molar-refractivity contribution in [3.8, 4) is 17.2 Å². The fourth-order valence-corrected chi connectivity index (χ4v) is 3.55. The van der Waals surface area contributed by atoms with Crippen LogP contribution in [-0.4, -0.2) is 43.8 Å². The first-order chi connectivity index (χ1) is 15.4. The van der Waals surface area contributed by atoms with Crippen LogP contribution in [-0.2, 0) is 19.1 Å². The van der Waals surface area contributed by atoms with Crippen LogP contribution in [0.1, 0.15) is 20.3 Å². The molecule has 4 rings (SSSR count). The third kappa shape index (κ3) is 4.61. The predicted molar refractivity (Wildman–Crippen MR) is 115 cm³/mol. The van der Waals surface area contributed by atoms with E-state index in [4.69, 9.17) is 18.9 Å². The molecular formula is C23H24N2O7. The van der Waals surface area contributed by atoms with Gasteiger partial charge < -0.3 is 29.2 Å². The molecule has 1 fully saturated rings. The second-order valence-electron chi connectivity index (χ2n) is 7.47. The van der Waals surface area contributed by atoms with Crippen LogP contribution >= 0.6 is 0 Å². The first kappa shape index (κ1) is 21.5. The van der Waals surface area contributed by atoms with E-state index in [-0.39, 0.29) is 25.7 Å². The Labute approximate surface area is 185 Å². The van der Waals surface area contributed by atoms with Crippen molar-refractivity contribution in [1.82, 2.24) is 0 Å². The number of amides is 2. The zero-order chi connectivity index (χ0) is 22.7. The van der Waals surface area contributed by atoms with E-state index in [2.05, 4.69) is 5.32 Å². The van der Waals surface area contributed by atoms with Crippen LogP contribution < -0.4 is 24.4 Å². The van der Waals surface area contributed by atoms with E-state index >= 15 is 0 Å². The van der Waals surface area contributed by atoms with Crippen LogP contribution in [0, 0.1) is 5.92 Å². The topological polar surface area (TPSA) is 103 Å². The van der Waals surface area contributed by atoms with Crippen LogP contribution in [0.3, 0.4) is 0 Å². The largest absolute Gasteiger partial charge is 0.494 e. The summed E-state index contributed by atoms with van der Waals surface area (Å²) in [5, 5.41) is 2.69. The molecule has 2 heterocycles. The molecular weight excluding hydrogens is 416 g/mol. The molecule has 2 amide bonds. The van der Waals surface area contributed by atoms with Gasteiger partial charge >= 0.3 is 5.97 Å². The molecule has 0 radical (unpaired) electrons. The molecule has 2 atom stereocenters. The van der Waals surface area contributed by atoms with Crippen molar-refractivity contribution in [2.24, 2.45) is 5.92 Å². The van der Waals surface area contributed by atoms with Crippen LogP contribution in [0.2, 0.25) is 0 Å². The van der Waals surface area contributed by atoms with Gasteiger partial charge in [0.25, 0.3) is 5.91 Å². The molecule has 0 aromatic heterocycles. The Bertz CT molecular complexity index is 1020. The number of fused-ring (bicyclic) bond motifs is 1. The molecule has 0 aliphatic carbocycles. The molecule has 0 spiro atoms. The van der Waals surface area contributed by atoms with Gasteiger partial charge in [-0.25, -0.2) is 0 Å². The van der Waals surface area contributed by atoms with E-state index in [0.717, 1.165) is 0 Å². The highest BCUT2D eigenvalue weighted by atomic mass is 16.7. The minimum absolute atomic E-state index is 0.0303. The molecule has 2 unspecified atom stereocenters. The summed E-state index contributed by atoms with van der Waals surface area (Å²) in [4.78, 5) is 39.0. The van der Waals surface area contributed by atoms with E-state index in [0.29, 0.717) is 35.2 Å². The fourth-order valence-electron chi connectivity index (χ4n) is 3.55. The van der Waals surface area contributed by atoms with Gasteiger partial charge in [-0.15, -0.1) is 0 Å². The lowest BCUT2D eigenvalue weighted by atomic mass is 10.1. The minimum Gasteiger partial charge on any atom is -0.494 e. The number of benzene rings is 2. The maximum Gasteiger partial charge on any atom is 0.312 e. The minimum atomic E-state index is -1.03. The molecule has 168 valence electrons. The van der Waals surface area contributed by atoms with E-state index in [9.17, 15) is 14.4 Å². The highest BCUT2D eigenvalue weighted by Crippen LogP contribution is 2.34. The second kappa shape index (κ2) is 9.17. The van der Waals surface area contributed by atoms with Gasteiger partial charge in [-0.2, -0.15) is 0 Å². The van der Waals surface area contributed by atoms with Gasteiger partial charge in [-0.05, 0) is 50.2 Å². The van der Waals surface area contributed by atoms with Gasteiger partial charge in [0, 0.05) is 30.4 Å². The van der Waals surface area contributed by atoms with E-state index in [1.807, 2.05) is 6.92 Å². The van der Waals surface area contributed by atoms with Crippen LogP contribution in [0.5, 0.6) is 17.2 Å². The molecule has 9 nitrogen and oxygen atoms in total. The van der Waals surface area contributed by atoms with Crippen molar-refractivity contribution in [1.29, 1.82) is 0 Å². The normalized spacial score (nSPS) is 17.8. The van der Waals surface area contributed by atoms with Crippen molar-refractivity contribution in [2.75, 3.05) is 30.2 Å². The Morgan fingerprint density at radius 3 is 2.66 bits per heavy atom. The molecule has 32 heavy (non-hydrogen) atoms. The summed E-state index contributed by atoms with van der Waals surface area (Å²) in [6.45, 7) is 4.26. The first-order valence-electron chi connectivity index (χ1n) is 10.4. The summed E-state index contributed by atoms with van der Waals surface area (Å²) >= 11 is 0. The monoisotopic (exact) mass is 440 g/mol. The SMILES string of the molecule is CCOc1ccc(N2CC(C(=O)OC(C)C(=O)Nc3ccc4c(c3)OCO4)CC2=O)cc1. The van der Waals surface area contributed by atoms with Gasteiger partial charge in [0.15, 0.2) is 17.6 Å². The molecule has 0 bridgehead atoms. The number of rotatable bonds is 7. The van der Waals surface area contributed by atoms with Crippen LogP contribution in [0.4, 0.5) is 11.4 Å². The fraction of sp³-hybridized carbons (Fsp3) is 0.348. The number of carbonyl (C=O) groups excluding carboxylic acids is 3. The molecule has 9 heteroatoms. The summed E-state index contributed by atoms with van der Waals surface area (Å²) in [5.74, 6) is -0.0358. The lowest BCUT2D eigenvalue weighted by Gasteiger charge is -2.18. The number of carbonyl (C=O) groups is 3. The van der Waals surface area contributed by atoms with E-state index < -0.39 is 23.9 Å². The average Bonchev–Trinajstić information content (AvgIpc) is 3.40. The molecule has 1 saturated heterocycles. The molecule has 1 N–H and O–H groups in total. The summed E-state index contributed by atoms with van der Waals surface area (Å²) in [6.07, 6.45) is -0.995. The Morgan fingerprint density at radius 2 is 1.91 bits per heavy atom. The maximum atomic E-state index is 12.6. The molecule has 2 aromatic carbocycles. The maximum absolute atomic E-state index is 12.6. The van der Waals surface area contributed by atoms with Crippen molar-refractivity contribution >= 4 is 29.2 Å². The van der Waals surface area contributed by atoms with Gasteiger partial charge in [-0.1, -0.05) is 0 Å². The molecule has 2 aliphatic heterocycles. The van der Waals surface area contributed by atoms with Gasteiger partial charge in [-0.3, -0.25) is 14.4 Å². The Balaban J connectivity index is 1.32. The average molecular weight is 440 g/mol. The van der Waals surface area contributed by atoms with Gasteiger partial charge in [0.2, 0.25) is 12.7 Å². The summed E-state index contributed by atoms with van der Waals surface area (Å²) in [6, 6.07) is 12.1. The Morgan fingerprint density at radius 1 is 1.16 bits per heavy atom. The lowest BCUT2D eigenvalue weighted by Crippen LogP contribution is -2.33. The smallest absolute Gasteiger partial charge is 0.312 e. The quantitative estimate of drug-likeness (QED) is 0.661. The second-order valence-corrected chi connectivity index (χ2v) is 7.47. The Hall–Kier alpha value is -3.75. The summed E-state index contributed by atoms with van der Waals surface area (Å²) in [5.41, 5.74) is 1.18. The molecule has 2 aliphatic rings. The first-order valence-corrected chi connectivity index (χ1v) is 10.4. The number of esters is 1. The zero-order valence-electron chi connectivity index (χ0n) is 17.8. The highest BCUT2D eigenvalue weighted by molar-refractivity contribution is 6.00. The van der Waals surface area contributed by atoms with E-state index in [1.165, 1.54) is 6.92 Å². The number of ether oxygens (including phenoxy) is 4. The number of nitrogens with zero attached hydrogens (tertiary/aromatic N) is 1. The molecule has 2 aromatic rings. The predicted octanol–water partition coefficient (Wildman–Crippen LogP) is 2.74. The zero-order valence-corrected chi connectivity index (χ0v) is 17.8. The number of hydrogen-bond acceptors (Lipinski definition) is 7. The third-order valence-corrected chi connectivity index (χ3v) is 5.22. The van der Waals surface area contributed by atoms with Crippen LogP contribution in [0.25, 0.3) is 0 Å². The van der Waals surface area contributed by atoms with Crippen LogP contribution in [0.15, 0.2) is 42.5 Å². The number of nitrogens with one attached hydrogen (secondary N) is 1. The lowest BCUT2D eigenvalue weighted by molar-refractivity contribution is -0.157. The van der Waals surface area contributed by atoms with Gasteiger partial charge in [0.1, 0.15) is 5.75 Å². The Kier molecular flexibility index (Phi) is 6.16.